The maximum atomic E-state index is 12.3. The van der Waals surface area contributed by atoms with E-state index in [4.69, 9.17) is 25.6 Å². The van der Waals surface area contributed by atoms with Gasteiger partial charge in [0.1, 0.15) is 11.8 Å². The number of pyridine rings is 1. The van der Waals surface area contributed by atoms with Crippen LogP contribution in [0.1, 0.15) is 44.4 Å². The number of ether oxygens (including phenoxy) is 1. The Balaban J connectivity index is 1.77. The number of aromatic nitrogens is 1. The second-order valence-corrected chi connectivity index (χ2v) is 8.91. The number of rotatable bonds is 6. The first kappa shape index (κ1) is 23.3. The summed E-state index contributed by atoms with van der Waals surface area (Å²) >= 11 is 6.32. The molecular weight excluding hydrogens is 415 g/mol. The molecule has 2 heterocycles. The van der Waals surface area contributed by atoms with Crippen LogP contribution in [0, 0.1) is 6.92 Å². The predicted molar refractivity (Wildman–Crippen MR) is 123 cm³/mol. The summed E-state index contributed by atoms with van der Waals surface area (Å²) < 4.78 is 17.7. The van der Waals surface area contributed by atoms with Crippen molar-refractivity contribution in [1.29, 1.82) is 0 Å². The number of hydrogen-bond acceptors (Lipinski definition) is 5. The van der Waals surface area contributed by atoms with Crippen LogP contribution >= 0.6 is 11.6 Å². The zero-order chi connectivity index (χ0) is 22.6. The van der Waals surface area contributed by atoms with E-state index in [1.165, 1.54) is 0 Å². The van der Waals surface area contributed by atoms with E-state index in [1.54, 1.807) is 6.20 Å². The van der Waals surface area contributed by atoms with Gasteiger partial charge in [0.25, 0.3) is 0 Å². The Morgan fingerprint density at radius 3 is 2.42 bits per heavy atom. The Morgan fingerprint density at radius 1 is 1.16 bits per heavy atom. The van der Waals surface area contributed by atoms with Crippen molar-refractivity contribution in [3.63, 3.8) is 0 Å². The zero-order valence-electron chi connectivity index (χ0n) is 18.6. The number of nitrogens with one attached hydrogen (secondary N) is 1. The molecule has 8 heteroatoms. The molecule has 1 aromatic heterocycles. The SMILES string of the molecule is Cc1ccnc(Cl)c1C=C(CNC(=O)OCc1ccccc1)B1OC(C)(C)C(C)(C)O1. The van der Waals surface area contributed by atoms with Crippen molar-refractivity contribution in [2.45, 2.75) is 52.4 Å². The molecule has 0 bridgehead atoms. The topological polar surface area (TPSA) is 69.7 Å². The number of halogens is 1. The third kappa shape index (κ3) is 5.67. The lowest BCUT2D eigenvalue weighted by Gasteiger charge is -2.32. The van der Waals surface area contributed by atoms with E-state index >= 15 is 0 Å². The van der Waals surface area contributed by atoms with E-state index in [-0.39, 0.29) is 13.2 Å². The van der Waals surface area contributed by atoms with Crippen molar-refractivity contribution in [2.24, 2.45) is 0 Å². The van der Waals surface area contributed by atoms with Crippen molar-refractivity contribution >= 4 is 30.9 Å². The van der Waals surface area contributed by atoms with Crippen LogP contribution in [0.25, 0.3) is 6.08 Å². The Hall–Kier alpha value is -2.35. The van der Waals surface area contributed by atoms with Crippen LogP contribution in [0.2, 0.25) is 5.15 Å². The molecule has 31 heavy (non-hydrogen) atoms. The van der Waals surface area contributed by atoms with Gasteiger partial charge < -0.3 is 19.4 Å². The summed E-state index contributed by atoms with van der Waals surface area (Å²) in [5.41, 5.74) is 2.32. The molecular formula is C23H28BClN2O4. The van der Waals surface area contributed by atoms with Crippen LogP contribution in [0.4, 0.5) is 4.79 Å². The van der Waals surface area contributed by atoms with E-state index in [2.05, 4.69) is 10.3 Å². The van der Waals surface area contributed by atoms with Gasteiger partial charge in [-0.2, -0.15) is 0 Å². The largest absolute Gasteiger partial charge is 0.492 e. The summed E-state index contributed by atoms with van der Waals surface area (Å²) in [6.45, 7) is 10.2. The number of alkyl carbamates (subject to hydrolysis) is 1. The molecule has 0 radical (unpaired) electrons. The van der Waals surface area contributed by atoms with Gasteiger partial charge in [-0.05, 0) is 57.3 Å². The van der Waals surface area contributed by atoms with Crippen LogP contribution in [-0.4, -0.2) is 35.9 Å². The van der Waals surface area contributed by atoms with Crippen LogP contribution < -0.4 is 5.32 Å². The van der Waals surface area contributed by atoms with E-state index in [0.29, 0.717) is 10.6 Å². The first-order valence-electron chi connectivity index (χ1n) is 10.2. The fourth-order valence-electron chi connectivity index (χ4n) is 3.04. The highest BCUT2D eigenvalue weighted by Gasteiger charge is 2.52. The predicted octanol–water partition coefficient (Wildman–Crippen LogP) is 4.98. The summed E-state index contributed by atoms with van der Waals surface area (Å²) in [5, 5.41) is 3.17. The quantitative estimate of drug-likeness (QED) is 0.504. The molecule has 1 aliphatic rings. The van der Waals surface area contributed by atoms with E-state index < -0.39 is 24.4 Å². The van der Waals surface area contributed by atoms with Crippen LogP contribution in [-0.2, 0) is 20.7 Å². The highest BCUT2D eigenvalue weighted by Crippen LogP contribution is 2.39. The van der Waals surface area contributed by atoms with Crippen molar-refractivity contribution < 1.29 is 18.8 Å². The van der Waals surface area contributed by atoms with Crippen LogP contribution in [0.3, 0.4) is 0 Å². The van der Waals surface area contributed by atoms with Gasteiger partial charge in [-0.3, -0.25) is 0 Å². The Kier molecular flexibility index (Phi) is 7.09. The van der Waals surface area contributed by atoms with Gasteiger partial charge in [0.15, 0.2) is 0 Å². The van der Waals surface area contributed by atoms with Gasteiger partial charge in [0, 0.05) is 18.3 Å². The summed E-state index contributed by atoms with van der Waals surface area (Å²) in [6, 6.07) is 11.4. The molecule has 3 rings (SSSR count). The van der Waals surface area contributed by atoms with Crippen molar-refractivity contribution in [2.75, 3.05) is 6.54 Å². The molecule has 1 amide bonds. The van der Waals surface area contributed by atoms with E-state index in [1.807, 2.05) is 77.1 Å². The minimum Gasteiger partial charge on any atom is -0.445 e. The lowest BCUT2D eigenvalue weighted by molar-refractivity contribution is 0.00578. The number of nitrogens with zero attached hydrogens (tertiary/aromatic N) is 1. The van der Waals surface area contributed by atoms with Crippen LogP contribution in [0.15, 0.2) is 48.1 Å². The normalized spacial score (nSPS) is 17.5. The average Bonchev–Trinajstić information content (AvgIpc) is 2.93. The van der Waals surface area contributed by atoms with Gasteiger partial charge in [0.2, 0.25) is 0 Å². The zero-order valence-corrected chi connectivity index (χ0v) is 19.3. The van der Waals surface area contributed by atoms with Gasteiger partial charge >= 0.3 is 13.2 Å². The number of amides is 1. The molecule has 1 aliphatic heterocycles. The highest BCUT2D eigenvalue weighted by molar-refractivity contribution is 6.56. The standard InChI is InChI=1S/C23H28BClN2O4/c1-16-11-12-26-20(25)19(16)13-18(24-30-22(2,3)23(4,5)31-24)14-27-21(28)29-15-17-9-7-6-8-10-17/h6-13H,14-15H2,1-5H3,(H,27,28). The van der Waals surface area contributed by atoms with Gasteiger partial charge in [-0.1, -0.05) is 48.0 Å². The molecule has 0 spiro atoms. The first-order chi connectivity index (χ1) is 14.6. The van der Waals surface area contributed by atoms with Crippen molar-refractivity contribution in [1.82, 2.24) is 10.3 Å². The van der Waals surface area contributed by atoms with Gasteiger partial charge in [-0.25, -0.2) is 9.78 Å². The molecule has 0 saturated carbocycles. The fourth-order valence-corrected chi connectivity index (χ4v) is 3.30. The van der Waals surface area contributed by atoms with Gasteiger partial charge in [0.05, 0.1) is 11.2 Å². The van der Waals surface area contributed by atoms with E-state index in [0.717, 1.165) is 16.7 Å². The summed E-state index contributed by atoms with van der Waals surface area (Å²) in [6.07, 6.45) is 2.99. The number of hydrogen-bond donors (Lipinski definition) is 1. The molecule has 2 aromatic rings. The molecule has 1 saturated heterocycles. The Labute approximate surface area is 189 Å². The minimum absolute atomic E-state index is 0.176. The fraction of sp³-hybridized carbons (Fsp3) is 0.391. The molecule has 164 valence electrons. The lowest BCUT2D eigenvalue weighted by Crippen LogP contribution is -2.41. The maximum absolute atomic E-state index is 12.3. The number of aryl methyl sites for hydroxylation is 1. The smallest absolute Gasteiger partial charge is 0.445 e. The number of carbonyl (C=O) groups is 1. The molecule has 0 unspecified atom stereocenters. The molecule has 1 N–H and O–H groups in total. The second-order valence-electron chi connectivity index (χ2n) is 8.56. The lowest BCUT2D eigenvalue weighted by atomic mass is 9.76. The molecule has 1 aromatic carbocycles. The minimum atomic E-state index is -0.643. The monoisotopic (exact) mass is 442 g/mol. The first-order valence-corrected chi connectivity index (χ1v) is 10.6. The van der Waals surface area contributed by atoms with Crippen molar-refractivity contribution in [3.8, 4) is 0 Å². The van der Waals surface area contributed by atoms with Gasteiger partial charge in [-0.15, -0.1) is 0 Å². The highest BCUT2D eigenvalue weighted by atomic mass is 35.5. The molecule has 6 nitrogen and oxygen atoms in total. The summed E-state index contributed by atoms with van der Waals surface area (Å²) in [4.78, 5) is 16.5. The Morgan fingerprint density at radius 2 is 1.81 bits per heavy atom. The molecule has 0 aliphatic carbocycles. The third-order valence-electron chi connectivity index (χ3n) is 5.69. The molecule has 0 atom stereocenters. The molecule has 1 fully saturated rings. The van der Waals surface area contributed by atoms with Crippen LogP contribution in [0.5, 0.6) is 0 Å². The van der Waals surface area contributed by atoms with E-state index in [9.17, 15) is 4.79 Å². The maximum Gasteiger partial charge on any atom is 0.492 e. The third-order valence-corrected chi connectivity index (χ3v) is 6.00. The number of benzene rings is 1. The Bertz CT molecular complexity index is 927. The average molecular weight is 443 g/mol. The summed E-state index contributed by atoms with van der Waals surface area (Å²) in [7, 11) is -0.643. The second kappa shape index (κ2) is 9.43. The number of carbonyl (C=O) groups excluding carboxylic acids is 1. The van der Waals surface area contributed by atoms with Crippen molar-refractivity contribution in [3.05, 3.63) is 69.9 Å². The summed E-state index contributed by atoms with van der Waals surface area (Å²) in [5.74, 6) is 0.